The number of rotatable bonds is 4. The van der Waals surface area contributed by atoms with Crippen LogP contribution in [-0.4, -0.2) is 62.4 Å². The Kier molecular flexibility index (Phi) is 6.21. The molecule has 1 aliphatic carbocycles. The third-order valence-corrected chi connectivity index (χ3v) is 8.07. The Bertz CT molecular complexity index is 741. The molecule has 2 bridgehead atoms. The molecule has 0 spiro atoms. The van der Waals surface area contributed by atoms with E-state index < -0.39 is 17.3 Å². The molecule has 4 atom stereocenters. The fourth-order valence-corrected chi connectivity index (χ4v) is 7.28. The molecule has 0 radical (unpaired) electrons. The van der Waals surface area contributed by atoms with Crippen molar-refractivity contribution >= 4 is 31.6 Å². The topological polar surface area (TPSA) is 67.9 Å². The molecule has 2 saturated heterocycles. The predicted octanol–water partition coefficient (Wildman–Crippen LogP) is 3.19. The van der Waals surface area contributed by atoms with Gasteiger partial charge in [-0.2, -0.15) is 0 Å². The van der Waals surface area contributed by atoms with Crippen LogP contribution in [0.15, 0.2) is 30.3 Å². The van der Waals surface area contributed by atoms with Crippen molar-refractivity contribution in [3.05, 3.63) is 30.3 Å². The zero-order valence-corrected chi connectivity index (χ0v) is 19.8. The van der Waals surface area contributed by atoms with Gasteiger partial charge in [0.25, 0.3) is 0 Å². The summed E-state index contributed by atoms with van der Waals surface area (Å²) in [6.07, 6.45) is -0.656. The predicted molar refractivity (Wildman–Crippen MR) is 114 cm³/mol. The SMILES string of the molecule is CC(C)(C)OC(=O)NC[C@@H]1[C@@H]2CN(C(=O)OC(C)(C)C)[C@H]1[C@H]2[Se]c1ccccc1. The first-order valence-corrected chi connectivity index (χ1v) is 12.0. The number of benzene rings is 1. The fourth-order valence-electron chi connectivity index (χ4n) is 3.96. The van der Waals surface area contributed by atoms with Crippen molar-refractivity contribution < 1.29 is 19.1 Å². The third kappa shape index (κ3) is 5.46. The molecule has 2 amide bonds. The van der Waals surface area contributed by atoms with Crippen LogP contribution in [0.4, 0.5) is 9.59 Å². The Morgan fingerprint density at radius 3 is 2.28 bits per heavy atom. The standard InChI is InChI=1S/C22H32N2O4Se/c1-21(2,3)27-19(25)23-12-15-16-13-24(20(26)28-22(4,5)6)17(15)18(16)29-14-10-8-7-9-11-14/h7-11,15-18H,12-13H2,1-6H3,(H,23,25)/t15-,16+,17-,18+/m1/s1. The van der Waals surface area contributed by atoms with E-state index in [0.717, 1.165) is 0 Å². The second-order valence-electron chi connectivity index (χ2n) is 9.73. The Morgan fingerprint density at radius 2 is 1.69 bits per heavy atom. The van der Waals surface area contributed by atoms with Gasteiger partial charge in [-0.25, -0.2) is 0 Å². The van der Waals surface area contributed by atoms with Gasteiger partial charge >= 0.3 is 180 Å². The van der Waals surface area contributed by atoms with Crippen LogP contribution in [0.5, 0.6) is 0 Å². The van der Waals surface area contributed by atoms with Gasteiger partial charge in [0.2, 0.25) is 0 Å². The van der Waals surface area contributed by atoms with Gasteiger partial charge in [-0.3, -0.25) is 0 Å². The Morgan fingerprint density at radius 1 is 1.07 bits per heavy atom. The first-order chi connectivity index (χ1) is 13.4. The molecule has 160 valence electrons. The number of hydrogen-bond acceptors (Lipinski definition) is 4. The molecule has 29 heavy (non-hydrogen) atoms. The van der Waals surface area contributed by atoms with E-state index in [1.807, 2.05) is 52.5 Å². The average molecular weight is 467 g/mol. The van der Waals surface area contributed by atoms with Crippen LogP contribution in [0.2, 0.25) is 4.82 Å². The first kappa shape index (κ1) is 22.0. The van der Waals surface area contributed by atoms with E-state index in [1.165, 1.54) is 4.46 Å². The number of nitrogens with zero attached hydrogens (tertiary/aromatic N) is 1. The van der Waals surface area contributed by atoms with E-state index >= 15 is 0 Å². The van der Waals surface area contributed by atoms with E-state index in [0.29, 0.717) is 23.8 Å². The van der Waals surface area contributed by atoms with Crippen LogP contribution in [0.3, 0.4) is 0 Å². The van der Waals surface area contributed by atoms with E-state index in [2.05, 4.69) is 29.6 Å². The molecule has 4 rings (SSSR count). The summed E-state index contributed by atoms with van der Waals surface area (Å²) < 4.78 is 12.3. The number of hydrogen-bond donors (Lipinski definition) is 1. The molecule has 2 aliphatic heterocycles. The van der Waals surface area contributed by atoms with Crippen molar-refractivity contribution in [1.29, 1.82) is 0 Å². The summed E-state index contributed by atoms with van der Waals surface area (Å²) in [5.74, 6) is 0.619. The van der Waals surface area contributed by atoms with Gasteiger partial charge < -0.3 is 0 Å². The summed E-state index contributed by atoms with van der Waals surface area (Å²) in [5, 5.41) is 2.90. The molecule has 2 heterocycles. The van der Waals surface area contributed by atoms with Gasteiger partial charge in [-0.1, -0.05) is 0 Å². The van der Waals surface area contributed by atoms with Crippen LogP contribution in [0.1, 0.15) is 41.5 Å². The Hall–Kier alpha value is -1.72. The molecule has 0 aromatic heterocycles. The number of alkyl carbamates (subject to hydrolysis) is 1. The van der Waals surface area contributed by atoms with Crippen LogP contribution in [0, 0.1) is 11.8 Å². The Labute approximate surface area is 179 Å². The van der Waals surface area contributed by atoms with Crippen LogP contribution < -0.4 is 9.78 Å². The van der Waals surface area contributed by atoms with Crippen LogP contribution in [-0.2, 0) is 9.47 Å². The van der Waals surface area contributed by atoms with Crippen molar-refractivity contribution in [3.63, 3.8) is 0 Å². The Balaban J connectivity index is 1.67. The molecule has 6 nitrogen and oxygen atoms in total. The number of carbonyl (C=O) groups excluding carboxylic acids is 2. The van der Waals surface area contributed by atoms with Crippen molar-refractivity contribution in [3.8, 4) is 0 Å². The number of amides is 2. The maximum atomic E-state index is 12.8. The van der Waals surface area contributed by atoms with Gasteiger partial charge in [0, 0.05) is 0 Å². The van der Waals surface area contributed by atoms with Gasteiger partial charge in [0.15, 0.2) is 0 Å². The number of carbonyl (C=O) groups is 2. The zero-order chi connectivity index (χ0) is 21.4. The quantitative estimate of drug-likeness (QED) is 0.691. The number of nitrogens with one attached hydrogen (secondary N) is 1. The average Bonchev–Trinajstić information content (AvgIpc) is 3.13. The van der Waals surface area contributed by atoms with Gasteiger partial charge in [-0.15, -0.1) is 0 Å². The van der Waals surface area contributed by atoms with E-state index in [-0.39, 0.29) is 33.0 Å². The molecular weight excluding hydrogens is 435 g/mol. The number of ether oxygens (including phenoxy) is 2. The van der Waals surface area contributed by atoms with Gasteiger partial charge in [0.05, 0.1) is 0 Å². The first-order valence-electron chi connectivity index (χ1n) is 10.1. The second kappa shape index (κ2) is 8.19. The summed E-state index contributed by atoms with van der Waals surface area (Å²) >= 11 is 0.274. The summed E-state index contributed by atoms with van der Waals surface area (Å²) in [5.41, 5.74) is -1.04. The zero-order valence-electron chi connectivity index (χ0n) is 18.1. The minimum absolute atomic E-state index is 0.102. The molecule has 1 aromatic carbocycles. The summed E-state index contributed by atoms with van der Waals surface area (Å²) in [7, 11) is 0. The van der Waals surface area contributed by atoms with Crippen LogP contribution >= 0.6 is 0 Å². The molecule has 3 fully saturated rings. The molecular formula is C22H32N2O4Se. The van der Waals surface area contributed by atoms with Gasteiger partial charge in [0.1, 0.15) is 0 Å². The molecule has 1 saturated carbocycles. The third-order valence-electron chi connectivity index (χ3n) is 5.04. The molecule has 3 aliphatic rings. The van der Waals surface area contributed by atoms with Crippen molar-refractivity contribution in [1.82, 2.24) is 10.2 Å². The summed E-state index contributed by atoms with van der Waals surface area (Å²) in [4.78, 5) is 27.2. The van der Waals surface area contributed by atoms with Crippen LogP contribution in [0.25, 0.3) is 0 Å². The van der Waals surface area contributed by atoms with E-state index in [9.17, 15) is 9.59 Å². The maximum absolute atomic E-state index is 12.8. The summed E-state index contributed by atoms with van der Waals surface area (Å²) in [6, 6.07) is 10.6. The fraction of sp³-hybridized carbons (Fsp3) is 0.636. The normalized spacial score (nSPS) is 25.9. The molecule has 1 N–H and O–H groups in total. The monoisotopic (exact) mass is 468 g/mol. The van der Waals surface area contributed by atoms with Crippen molar-refractivity contribution in [2.45, 2.75) is 63.6 Å². The molecule has 0 unspecified atom stereocenters. The molecule has 1 aromatic rings. The number of fused-ring (bicyclic) bond motifs is 1. The van der Waals surface area contributed by atoms with Gasteiger partial charge in [-0.05, 0) is 0 Å². The van der Waals surface area contributed by atoms with Crippen molar-refractivity contribution in [2.24, 2.45) is 11.8 Å². The van der Waals surface area contributed by atoms with E-state index in [1.54, 1.807) is 0 Å². The minimum atomic E-state index is -0.524. The van der Waals surface area contributed by atoms with E-state index in [4.69, 9.17) is 9.47 Å². The molecule has 7 heteroatoms. The van der Waals surface area contributed by atoms with Crippen molar-refractivity contribution in [2.75, 3.05) is 13.1 Å². The second-order valence-corrected chi connectivity index (χ2v) is 12.4. The summed E-state index contributed by atoms with van der Waals surface area (Å²) in [6.45, 7) is 12.4.